The van der Waals surface area contributed by atoms with Crippen LogP contribution in [0.2, 0.25) is 0 Å². The zero-order valence-corrected chi connectivity index (χ0v) is 14.9. The van der Waals surface area contributed by atoms with Crippen molar-refractivity contribution in [1.82, 2.24) is 15.1 Å². The molecule has 0 aromatic heterocycles. The number of unbranched alkanes of at least 4 members (excludes halogenated alkanes) is 3. The zero-order valence-electron chi connectivity index (χ0n) is 14.1. The van der Waals surface area contributed by atoms with Crippen LogP contribution in [0.3, 0.4) is 0 Å². The van der Waals surface area contributed by atoms with Gasteiger partial charge in [0.1, 0.15) is 0 Å². The lowest BCUT2D eigenvalue weighted by molar-refractivity contribution is -0.127. The van der Waals surface area contributed by atoms with Gasteiger partial charge in [0.25, 0.3) is 5.91 Å². The molecule has 0 aromatic carbocycles. The fraction of sp³-hybridized carbons (Fsp3) is 0.688. The maximum absolute atomic E-state index is 12.3. The number of allylic oxidation sites excluding steroid dienone is 1. The first-order valence-corrected chi connectivity index (χ1v) is 9.24. The molecule has 2 rings (SSSR count). The number of amides is 3. The Labute approximate surface area is 142 Å². The Balaban J connectivity index is 2.11. The number of hydrogen-bond acceptors (Lipinski definition) is 5. The van der Waals surface area contributed by atoms with Gasteiger partial charge < -0.3 is 9.80 Å². The van der Waals surface area contributed by atoms with Gasteiger partial charge >= 0.3 is 6.03 Å². The van der Waals surface area contributed by atoms with Crippen LogP contribution >= 0.6 is 11.8 Å². The summed E-state index contributed by atoms with van der Waals surface area (Å²) in [6, 6.07) is -0.766. The Hall–Kier alpha value is -1.50. The van der Waals surface area contributed by atoms with Gasteiger partial charge in [-0.05, 0) is 13.3 Å². The second-order valence-electron chi connectivity index (χ2n) is 5.81. The van der Waals surface area contributed by atoms with Crippen LogP contribution in [0.4, 0.5) is 4.79 Å². The quantitative estimate of drug-likeness (QED) is 0.572. The van der Waals surface area contributed by atoms with Crippen LogP contribution in [0.15, 0.2) is 17.1 Å². The summed E-state index contributed by atoms with van der Waals surface area (Å²) in [5, 5.41) is 3.30. The van der Waals surface area contributed by atoms with E-state index in [9.17, 15) is 9.59 Å². The summed E-state index contributed by atoms with van der Waals surface area (Å²) in [5.74, 6) is 0.582. The minimum absolute atomic E-state index is 0.237. The number of nitrogens with one attached hydrogen (secondary N) is 1. The van der Waals surface area contributed by atoms with Gasteiger partial charge in [0, 0.05) is 19.3 Å². The maximum atomic E-state index is 12.3. The van der Waals surface area contributed by atoms with Crippen molar-refractivity contribution in [3.05, 3.63) is 12.2 Å². The van der Waals surface area contributed by atoms with Crippen LogP contribution in [0, 0.1) is 0 Å². The van der Waals surface area contributed by atoms with Crippen molar-refractivity contribution in [2.75, 3.05) is 19.3 Å². The summed E-state index contributed by atoms with van der Waals surface area (Å²) in [6.07, 6.45) is 8.23. The van der Waals surface area contributed by atoms with E-state index in [2.05, 4.69) is 28.2 Å². The highest BCUT2D eigenvalue weighted by molar-refractivity contribution is 8.13. The van der Waals surface area contributed by atoms with E-state index >= 15 is 0 Å². The summed E-state index contributed by atoms with van der Waals surface area (Å²) in [6.45, 7) is 4.97. The van der Waals surface area contributed by atoms with Crippen molar-refractivity contribution < 1.29 is 9.59 Å². The van der Waals surface area contributed by atoms with Gasteiger partial charge in [0.15, 0.2) is 17.4 Å². The summed E-state index contributed by atoms with van der Waals surface area (Å²) in [5.41, 5.74) is 0. The number of likely N-dealkylation sites (N-methyl/N-ethyl adjacent to an activating group) is 1. The van der Waals surface area contributed by atoms with Crippen molar-refractivity contribution in [3.63, 3.8) is 0 Å². The fourth-order valence-electron chi connectivity index (χ4n) is 2.78. The van der Waals surface area contributed by atoms with E-state index in [-0.39, 0.29) is 11.9 Å². The Kier molecular flexibility index (Phi) is 6.50. The van der Waals surface area contributed by atoms with E-state index in [1.807, 2.05) is 13.0 Å². The van der Waals surface area contributed by atoms with Crippen molar-refractivity contribution >= 4 is 28.9 Å². The number of thioether (sulfide) groups is 1. The summed E-state index contributed by atoms with van der Waals surface area (Å²) in [4.78, 5) is 32.4. The molecule has 2 unspecified atom stereocenters. The molecule has 6 nitrogen and oxygen atoms in total. The Morgan fingerprint density at radius 1 is 1.30 bits per heavy atom. The molecule has 0 bridgehead atoms. The topological polar surface area (TPSA) is 65.0 Å². The van der Waals surface area contributed by atoms with Crippen molar-refractivity contribution in [1.29, 1.82) is 0 Å². The van der Waals surface area contributed by atoms with Crippen molar-refractivity contribution in [3.8, 4) is 0 Å². The molecule has 2 aliphatic heterocycles. The number of aliphatic imine (C=N–C) groups is 1. The lowest BCUT2D eigenvalue weighted by Crippen LogP contribution is -2.63. The van der Waals surface area contributed by atoms with Crippen LogP contribution in [0.25, 0.3) is 0 Å². The van der Waals surface area contributed by atoms with E-state index in [1.54, 1.807) is 18.8 Å². The lowest BCUT2D eigenvalue weighted by atomic mass is 10.1. The molecule has 2 heterocycles. The molecule has 0 aliphatic carbocycles. The molecule has 0 aromatic rings. The largest absolute Gasteiger partial charge is 0.336 e. The van der Waals surface area contributed by atoms with E-state index in [0.29, 0.717) is 0 Å². The molecule has 23 heavy (non-hydrogen) atoms. The van der Waals surface area contributed by atoms with Crippen LogP contribution in [-0.2, 0) is 4.79 Å². The second kappa shape index (κ2) is 8.38. The Morgan fingerprint density at radius 3 is 2.78 bits per heavy atom. The predicted octanol–water partition coefficient (Wildman–Crippen LogP) is 2.42. The smallest absolute Gasteiger partial charge is 0.325 e. The van der Waals surface area contributed by atoms with E-state index < -0.39 is 12.2 Å². The number of fused-ring (bicyclic) bond motifs is 1. The van der Waals surface area contributed by atoms with Crippen LogP contribution in [0.5, 0.6) is 0 Å². The Morgan fingerprint density at radius 2 is 2.09 bits per heavy atom. The molecule has 2 aliphatic rings. The minimum atomic E-state index is -0.407. The molecular formula is C16H26N4O2S. The molecule has 0 spiro atoms. The molecule has 2 atom stereocenters. The molecular weight excluding hydrogens is 312 g/mol. The molecule has 7 heteroatoms. The number of carbonyl (C=O) groups is 2. The van der Waals surface area contributed by atoms with Crippen LogP contribution in [0.1, 0.15) is 39.5 Å². The normalized spacial score (nSPS) is 24.2. The maximum Gasteiger partial charge on any atom is 0.325 e. The number of imide groups is 1. The molecule has 0 radical (unpaired) electrons. The summed E-state index contributed by atoms with van der Waals surface area (Å²) in [7, 11) is 1.69. The third-order valence-corrected chi connectivity index (χ3v) is 5.08. The standard InChI is InChI=1S/C16H26N4O2S/c1-4-6-8-9-10-20-12-13(17-16(20)23-11-7-5-2)19(3)15(22)18-14(12)21/h5,7,12-13H,4,6,8-11H2,1-3H3,(H,18,21,22)/b7-5+. The fourth-order valence-corrected chi connectivity index (χ4v) is 3.77. The molecule has 3 amide bonds. The average molecular weight is 338 g/mol. The molecule has 128 valence electrons. The van der Waals surface area contributed by atoms with Gasteiger partial charge in [-0.25, -0.2) is 9.79 Å². The first kappa shape index (κ1) is 17.8. The highest BCUT2D eigenvalue weighted by atomic mass is 32.2. The predicted molar refractivity (Wildman–Crippen MR) is 94.4 cm³/mol. The molecule has 1 saturated heterocycles. The Bertz CT molecular complexity index is 506. The molecule has 1 N–H and O–H groups in total. The number of nitrogens with zero attached hydrogens (tertiary/aromatic N) is 3. The third kappa shape index (κ3) is 4.07. The first-order valence-electron chi connectivity index (χ1n) is 8.26. The van der Waals surface area contributed by atoms with Gasteiger partial charge in [0.05, 0.1) is 0 Å². The van der Waals surface area contributed by atoms with Crippen molar-refractivity contribution in [2.24, 2.45) is 4.99 Å². The summed E-state index contributed by atoms with van der Waals surface area (Å²) < 4.78 is 0. The van der Waals surface area contributed by atoms with Crippen LogP contribution in [-0.4, -0.2) is 58.5 Å². The molecule has 0 saturated carbocycles. The first-order chi connectivity index (χ1) is 11.1. The molecule has 1 fully saturated rings. The summed E-state index contributed by atoms with van der Waals surface area (Å²) >= 11 is 1.62. The van der Waals surface area contributed by atoms with E-state index in [4.69, 9.17) is 0 Å². The lowest BCUT2D eigenvalue weighted by Gasteiger charge is -2.36. The third-order valence-electron chi connectivity index (χ3n) is 4.12. The second-order valence-corrected chi connectivity index (χ2v) is 6.80. The minimum Gasteiger partial charge on any atom is -0.336 e. The average Bonchev–Trinajstić information content (AvgIpc) is 2.89. The van der Waals surface area contributed by atoms with Crippen LogP contribution < -0.4 is 5.32 Å². The van der Waals surface area contributed by atoms with Gasteiger partial charge in [-0.2, -0.15) is 0 Å². The van der Waals surface area contributed by atoms with Crippen molar-refractivity contribution in [2.45, 2.75) is 51.7 Å². The van der Waals surface area contributed by atoms with Gasteiger partial charge in [-0.15, -0.1) is 0 Å². The number of urea groups is 1. The number of amidine groups is 1. The monoisotopic (exact) mass is 338 g/mol. The number of rotatable bonds is 7. The van der Waals surface area contributed by atoms with E-state index in [0.717, 1.165) is 30.3 Å². The van der Waals surface area contributed by atoms with E-state index in [1.165, 1.54) is 17.7 Å². The highest BCUT2D eigenvalue weighted by Crippen LogP contribution is 2.28. The zero-order chi connectivity index (χ0) is 16.8. The number of carbonyl (C=O) groups excluding carboxylic acids is 2. The van der Waals surface area contributed by atoms with Gasteiger partial charge in [-0.1, -0.05) is 50.1 Å². The SMILES string of the molecule is C/C=C/CSC1=NC2C(C(=O)NC(=O)N2C)N1CCCCCC. The highest BCUT2D eigenvalue weighted by Gasteiger charge is 2.48. The number of hydrogen-bond donors (Lipinski definition) is 1. The van der Waals surface area contributed by atoms with Gasteiger partial charge in [0.2, 0.25) is 0 Å². The van der Waals surface area contributed by atoms with Gasteiger partial charge in [-0.3, -0.25) is 10.1 Å².